The number of carbonyl (C=O) groups is 1. The van der Waals surface area contributed by atoms with Gasteiger partial charge in [-0.25, -0.2) is 0 Å². The first-order valence-electron chi connectivity index (χ1n) is 7.38. The van der Waals surface area contributed by atoms with E-state index in [1.165, 1.54) is 6.42 Å². The lowest BCUT2D eigenvalue weighted by molar-refractivity contribution is -0.145. The highest BCUT2D eigenvalue weighted by Crippen LogP contribution is 2.28. The average molecular weight is 291 g/mol. The quantitative estimate of drug-likeness (QED) is 0.787. The van der Waals surface area contributed by atoms with E-state index in [0.29, 0.717) is 18.7 Å². The van der Waals surface area contributed by atoms with Crippen LogP contribution in [0.3, 0.4) is 0 Å². The monoisotopic (exact) mass is 290 g/mol. The number of ether oxygens (including phenoxy) is 1. The minimum absolute atomic E-state index is 0. The Bertz CT molecular complexity index is 275. The molecule has 0 aromatic carbocycles. The van der Waals surface area contributed by atoms with E-state index in [-0.39, 0.29) is 24.4 Å². The summed E-state index contributed by atoms with van der Waals surface area (Å²) >= 11 is 0. The van der Waals surface area contributed by atoms with Gasteiger partial charge in [-0.05, 0) is 39.2 Å². The van der Waals surface area contributed by atoms with E-state index in [1.807, 2.05) is 6.92 Å². The number of fused-ring (bicyclic) bond motifs is 2. The summed E-state index contributed by atoms with van der Waals surface area (Å²) < 4.78 is 5.65. The van der Waals surface area contributed by atoms with Crippen molar-refractivity contribution in [2.24, 2.45) is 0 Å². The van der Waals surface area contributed by atoms with E-state index in [2.05, 4.69) is 17.1 Å². The van der Waals surface area contributed by atoms with Gasteiger partial charge in [-0.1, -0.05) is 13.3 Å². The molecule has 1 amide bonds. The molecule has 19 heavy (non-hydrogen) atoms. The third-order valence-electron chi connectivity index (χ3n) is 4.12. The van der Waals surface area contributed by atoms with Crippen LogP contribution in [0.15, 0.2) is 0 Å². The summed E-state index contributed by atoms with van der Waals surface area (Å²) in [6, 6.07) is 0.831. The van der Waals surface area contributed by atoms with Crippen molar-refractivity contribution in [1.82, 2.24) is 10.2 Å². The normalized spacial score (nSPS) is 27.6. The number of rotatable bonds is 5. The molecule has 2 rings (SSSR count). The first-order chi connectivity index (χ1) is 8.74. The molecule has 2 aliphatic rings. The third-order valence-corrected chi connectivity index (χ3v) is 4.12. The minimum Gasteiger partial charge on any atom is -0.369 e. The topological polar surface area (TPSA) is 41.6 Å². The number of nitrogens with one attached hydrogen (secondary N) is 1. The van der Waals surface area contributed by atoms with Gasteiger partial charge in [0.25, 0.3) is 5.91 Å². The summed E-state index contributed by atoms with van der Waals surface area (Å²) in [4.78, 5) is 14.6. The molecule has 2 aliphatic heterocycles. The molecule has 0 saturated carbocycles. The Kier molecular flexibility index (Phi) is 7.11. The lowest BCUT2D eigenvalue weighted by Gasteiger charge is -2.30. The van der Waals surface area contributed by atoms with Crippen molar-refractivity contribution < 1.29 is 9.53 Å². The summed E-state index contributed by atoms with van der Waals surface area (Å²) in [6.45, 7) is 6.72. The van der Waals surface area contributed by atoms with Crippen LogP contribution in [-0.4, -0.2) is 48.7 Å². The summed E-state index contributed by atoms with van der Waals surface area (Å²) in [7, 11) is 0. The molecule has 5 heteroatoms. The van der Waals surface area contributed by atoms with Gasteiger partial charge in [0.1, 0.15) is 6.10 Å². The van der Waals surface area contributed by atoms with Gasteiger partial charge < -0.3 is 15.0 Å². The predicted molar refractivity (Wildman–Crippen MR) is 78.7 cm³/mol. The second-order valence-corrected chi connectivity index (χ2v) is 5.49. The summed E-state index contributed by atoms with van der Waals surface area (Å²) in [5.74, 6) is 0.197. The Balaban J connectivity index is 0.00000180. The highest BCUT2D eigenvalue weighted by atomic mass is 35.5. The molecule has 2 fully saturated rings. The fraction of sp³-hybridized carbons (Fsp3) is 0.929. The van der Waals surface area contributed by atoms with Gasteiger partial charge in [-0.3, -0.25) is 4.79 Å². The zero-order chi connectivity index (χ0) is 13.0. The zero-order valence-corrected chi connectivity index (χ0v) is 12.9. The lowest BCUT2D eigenvalue weighted by atomic mass is 10.1. The van der Waals surface area contributed by atoms with Crippen molar-refractivity contribution in [3.8, 4) is 0 Å². The van der Waals surface area contributed by atoms with Gasteiger partial charge in [0, 0.05) is 25.2 Å². The molecule has 2 bridgehead atoms. The largest absolute Gasteiger partial charge is 0.369 e. The van der Waals surface area contributed by atoms with Crippen LogP contribution in [0.1, 0.15) is 46.0 Å². The molecular formula is C14H27ClN2O2. The van der Waals surface area contributed by atoms with Crippen LogP contribution >= 0.6 is 12.4 Å². The van der Waals surface area contributed by atoms with E-state index in [9.17, 15) is 4.79 Å². The standard InChI is InChI=1S/C14H26N2O2.ClH/c1-3-4-9-18-11(2)14(17)16-12-5-6-13(16)10-15-8-7-12;/h11-13,15H,3-10H2,1-2H3;1H. The van der Waals surface area contributed by atoms with Crippen LogP contribution in [0.25, 0.3) is 0 Å². The number of hydrogen-bond acceptors (Lipinski definition) is 3. The fourth-order valence-corrected chi connectivity index (χ4v) is 3.03. The van der Waals surface area contributed by atoms with E-state index >= 15 is 0 Å². The third kappa shape index (κ3) is 4.07. The van der Waals surface area contributed by atoms with Gasteiger partial charge in [0.05, 0.1) is 0 Å². The number of halogens is 1. The van der Waals surface area contributed by atoms with E-state index in [4.69, 9.17) is 4.74 Å². The minimum atomic E-state index is -0.280. The van der Waals surface area contributed by atoms with Crippen LogP contribution in [0.5, 0.6) is 0 Å². The fourth-order valence-electron chi connectivity index (χ4n) is 3.03. The molecule has 3 unspecified atom stereocenters. The van der Waals surface area contributed by atoms with Crippen LogP contribution in [-0.2, 0) is 9.53 Å². The van der Waals surface area contributed by atoms with E-state index in [1.54, 1.807) is 0 Å². The number of unbranched alkanes of at least 4 members (excludes halogenated alkanes) is 1. The summed E-state index contributed by atoms with van der Waals surface area (Å²) in [5.41, 5.74) is 0. The van der Waals surface area contributed by atoms with Crippen LogP contribution in [0.4, 0.5) is 0 Å². The first-order valence-corrected chi connectivity index (χ1v) is 7.38. The Labute approximate surface area is 122 Å². The van der Waals surface area contributed by atoms with Crippen molar-refractivity contribution in [1.29, 1.82) is 0 Å². The molecule has 0 radical (unpaired) electrons. The molecular weight excluding hydrogens is 264 g/mol. The van der Waals surface area contributed by atoms with Gasteiger partial charge >= 0.3 is 0 Å². The van der Waals surface area contributed by atoms with Crippen molar-refractivity contribution in [2.45, 2.75) is 64.1 Å². The van der Waals surface area contributed by atoms with E-state index < -0.39 is 0 Å². The van der Waals surface area contributed by atoms with Gasteiger partial charge in [0.15, 0.2) is 0 Å². The predicted octanol–water partition coefficient (Wildman–Crippen LogP) is 1.97. The molecule has 0 aliphatic carbocycles. The van der Waals surface area contributed by atoms with Gasteiger partial charge in [-0.15, -0.1) is 12.4 Å². The van der Waals surface area contributed by atoms with E-state index in [0.717, 1.165) is 38.8 Å². The second-order valence-electron chi connectivity index (χ2n) is 5.49. The Morgan fingerprint density at radius 3 is 2.84 bits per heavy atom. The smallest absolute Gasteiger partial charge is 0.251 e. The zero-order valence-electron chi connectivity index (χ0n) is 12.1. The maximum atomic E-state index is 12.5. The molecule has 112 valence electrons. The Hall–Kier alpha value is -0.320. The highest BCUT2D eigenvalue weighted by Gasteiger charge is 2.39. The number of hydrogen-bond donors (Lipinski definition) is 1. The molecule has 3 atom stereocenters. The van der Waals surface area contributed by atoms with Crippen LogP contribution in [0, 0.1) is 0 Å². The maximum Gasteiger partial charge on any atom is 0.251 e. The summed E-state index contributed by atoms with van der Waals surface area (Å²) in [5, 5.41) is 3.42. The maximum absolute atomic E-state index is 12.5. The molecule has 2 heterocycles. The number of nitrogens with zero attached hydrogens (tertiary/aromatic N) is 1. The average Bonchev–Trinajstić information content (AvgIpc) is 2.62. The number of amides is 1. The second kappa shape index (κ2) is 8.08. The molecule has 1 N–H and O–H groups in total. The van der Waals surface area contributed by atoms with Gasteiger partial charge in [-0.2, -0.15) is 0 Å². The molecule has 0 spiro atoms. The molecule has 0 aromatic heterocycles. The number of carbonyl (C=O) groups excluding carboxylic acids is 1. The molecule has 2 saturated heterocycles. The Morgan fingerprint density at radius 1 is 1.37 bits per heavy atom. The van der Waals surface area contributed by atoms with Crippen LogP contribution < -0.4 is 5.32 Å². The van der Waals surface area contributed by atoms with Crippen molar-refractivity contribution >= 4 is 18.3 Å². The van der Waals surface area contributed by atoms with Crippen molar-refractivity contribution in [2.75, 3.05) is 19.7 Å². The first kappa shape index (κ1) is 16.7. The molecule has 4 nitrogen and oxygen atoms in total. The summed E-state index contributed by atoms with van der Waals surface area (Å²) in [6.07, 6.45) is 5.26. The van der Waals surface area contributed by atoms with Crippen molar-refractivity contribution in [3.63, 3.8) is 0 Å². The Morgan fingerprint density at radius 2 is 2.11 bits per heavy atom. The lowest BCUT2D eigenvalue weighted by Crippen LogP contribution is -2.47. The SMILES string of the molecule is CCCCOC(C)C(=O)N1C2CCNCC1CC2.Cl. The highest BCUT2D eigenvalue weighted by molar-refractivity contribution is 5.85. The van der Waals surface area contributed by atoms with Crippen molar-refractivity contribution in [3.05, 3.63) is 0 Å². The van der Waals surface area contributed by atoms with Crippen LogP contribution in [0.2, 0.25) is 0 Å². The molecule has 0 aromatic rings. The van der Waals surface area contributed by atoms with Gasteiger partial charge in [0.2, 0.25) is 0 Å².